The number of hydrogen-bond donors (Lipinski definition) is 1. The fourth-order valence-corrected chi connectivity index (χ4v) is 2.74. The van der Waals surface area contributed by atoms with Crippen LogP contribution in [0.5, 0.6) is 0 Å². The van der Waals surface area contributed by atoms with Gasteiger partial charge in [0.1, 0.15) is 0 Å². The summed E-state index contributed by atoms with van der Waals surface area (Å²) in [6, 6.07) is 7.77. The van der Waals surface area contributed by atoms with Gasteiger partial charge in [-0.05, 0) is 50.5 Å². The molecule has 0 atom stereocenters. The Kier molecular flexibility index (Phi) is 3.41. The normalized spacial score (nSPS) is 14.3. The van der Waals surface area contributed by atoms with E-state index in [-0.39, 0.29) is 11.9 Å². The van der Waals surface area contributed by atoms with Crippen molar-refractivity contribution in [2.45, 2.75) is 32.7 Å². The van der Waals surface area contributed by atoms with Crippen molar-refractivity contribution in [1.29, 1.82) is 0 Å². The van der Waals surface area contributed by atoms with E-state index in [9.17, 15) is 4.79 Å². The van der Waals surface area contributed by atoms with Gasteiger partial charge in [-0.3, -0.25) is 9.48 Å². The third-order valence-electron chi connectivity index (χ3n) is 3.89. The molecule has 5 heteroatoms. The Morgan fingerprint density at radius 3 is 2.86 bits per heavy atom. The number of carbonyl (C=O) groups excluding carboxylic acids is 1. The van der Waals surface area contributed by atoms with Crippen molar-refractivity contribution in [2.24, 2.45) is 0 Å². The molecule has 0 radical (unpaired) electrons. The van der Waals surface area contributed by atoms with Crippen LogP contribution in [-0.4, -0.2) is 22.2 Å². The highest BCUT2D eigenvalue weighted by Gasteiger charge is 2.26. The van der Waals surface area contributed by atoms with Crippen molar-refractivity contribution in [1.82, 2.24) is 9.78 Å². The second-order valence-corrected chi connectivity index (χ2v) is 5.68. The SMILES string of the molecule is CC(C)n1ccc(C(=O)N2CCCc3c(N)cccc32)n1. The molecule has 3 rings (SSSR count). The average Bonchev–Trinajstić information content (AvgIpc) is 2.96. The van der Waals surface area contributed by atoms with Gasteiger partial charge in [-0.1, -0.05) is 6.07 Å². The van der Waals surface area contributed by atoms with E-state index in [1.54, 1.807) is 15.6 Å². The van der Waals surface area contributed by atoms with Crippen LogP contribution in [-0.2, 0) is 6.42 Å². The van der Waals surface area contributed by atoms with Gasteiger partial charge in [-0.2, -0.15) is 5.10 Å². The van der Waals surface area contributed by atoms with E-state index in [4.69, 9.17) is 5.73 Å². The summed E-state index contributed by atoms with van der Waals surface area (Å²) in [6.45, 7) is 4.79. The minimum absolute atomic E-state index is 0.0547. The van der Waals surface area contributed by atoms with E-state index in [0.717, 1.165) is 29.8 Å². The minimum Gasteiger partial charge on any atom is -0.398 e. The summed E-state index contributed by atoms with van der Waals surface area (Å²) in [4.78, 5) is 14.5. The number of rotatable bonds is 2. The first-order chi connectivity index (χ1) is 10.1. The molecule has 21 heavy (non-hydrogen) atoms. The van der Waals surface area contributed by atoms with Crippen LogP contribution in [0.15, 0.2) is 30.5 Å². The zero-order chi connectivity index (χ0) is 15.0. The van der Waals surface area contributed by atoms with Gasteiger partial charge in [0.25, 0.3) is 5.91 Å². The van der Waals surface area contributed by atoms with Crippen molar-refractivity contribution >= 4 is 17.3 Å². The van der Waals surface area contributed by atoms with Crippen molar-refractivity contribution in [3.8, 4) is 0 Å². The first-order valence-electron chi connectivity index (χ1n) is 7.32. The first kappa shape index (κ1) is 13.7. The molecule has 0 fully saturated rings. The number of nitrogens with two attached hydrogens (primary N) is 1. The van der Waals surface area contributed by atoms with E-state index in [1.165, 1.54) is 0 Å². The van der Waals surface area contributed by atoms with Crippen LogP contribution in [0.25, 0.3) is 0 Å². The smallest absolute Gasteiger partial charge is 0.278 e. The molecule has 110 valence electrons. The number of amides is 1. The van der Waals surface area contributed by atoms with Crippen LogP contribution < -0.4 is 10.6 Å². The molecular formula is C16H20N4O. The maximum absolute atomic E-state index is 12.7. The maximum Gasteiger partial charge on any atom is 0.278 e. The number of hydrogen-bond acceptors (Lipinski definition) is 3. The molecule has 1 aromatic heterocycles. The summed E-state index contributed by atoms with van der Waals surface area (Å²) < 4.78 is 1.80. The number of aromatic nitrogens is 2. The second-order valence-electron chi connectivity index (χ2n) is 5.68. The van der Waals surface area contributed by atoms with Gasteiger partial charge in [-0.15, -0.1) is 0 Å². The largest absolute Gasteiger partial charge is 0.398 e. The fourth-order valence-electron chi connectivity index (χ4n) is 2.74. The van der Waals surface area contributed by atoms with Gasteiger partial charge in [0.15, 0.2) is 5.69 Å². The maximum atomic E-state index is 12.7. The molecule has 0 spiro atoms. The van der Waals surface area contributed by atoms with Gasteiger partial charge in [0, 0.05) is 30.2 Å². The number of fused-ring (bicyclic) bond motifs is 1. The number of nitrogens with zero attached hydrogens (tertiary/aromatic N) is 3. The third kappa shape index (κ3) is 2.39. The summed E-state index contributed by atoms with van der Waals surface area (Å²) in [5.74, 6) is -0.0547. The number of benzene rings is 1. The zero-order valence-electron chi connectivity index (χ0n) is 12.4. The number of nitrogen functional groups attached to an aromatic ring is 1. The lowest BCUT2D eigenvalue weighted by Crippen LogP contribution is -2.36. The quantitative estimate of drug-likeness (QED) is 0.862. The van der Waals surface area contributed by atoms with Crippen molar-refractivity contribution < 1.29 is 4.79 Å². The summed E-state index contributed by atoms with van der Waals surface area (Å²) in [6.07, 6.45) is 3.70. The molecule has 1 aromatic carbocycles. The molecule has 2 heterocycles. The molecule has 1 amide bonds. The van der Waals surface area contributed by atoms with Gasteiger partial charge in [0.05, 0.1) is 0 Å². The summed E-state index contributed by atoms with van der Waals surface area (Å²) in [7, 11) is 0. The molecule has 0 aliphatic carbocycles. The van der Waals surface area contributed by atoms with E-state index < -0.39 is 0 Å². The highest BCUT2D eigenvalue weighted by molar-refractivity contribution is 6.05. The predicted octanol–water partition coefficient (Wildman–Crippen LogP) is 2.64. The zero-order valence-corrected chi connectivity index (χ0v) is 12.4. The molecular weight excluding hydrogens is 264 g/mol. The van der Waals surface area contributed by atoms with Gasteiger partial charge < -0.3 is 10.6 Å². The van der Waals surface area contributed by atoms with Crippen LogP contribution in [0.1, 0.15) is 42.4 Å². The van der Waals surface area contributed by atoms with Gasteiger partial charge >= 0.3 is 0 Å². The van der Waals surface area contributed by atoms with Gasteiger partial charge in [0.2, 0.25) is 0 Å². The summed E-state index contributed by atoms with van der Waals surface area (Å²) >= 11 is 0. The monoisotopic (exact) mass is 284 g/mol. The second kappa shape index (κ2) is 5.24. The Bertz CT molecular complexity index is 675. The molecule has 2 N–H and O–H groups in total. The molecule has 0 unspecified atom stereocenters. The molecule has 0 saturated carbocycles. The molecule has 1 aliphatic rings. The Labute approximate surface area is 124 Å². The van der Waals surface area contributed by atoms with Gasteiger partial charge in [-0.25, -0.2) is 0 Å². The summed E-state index contributed by atoms with van der Waals surface area (Å²) in [5.41, 5.74) is 9.27. The lowest BCUT2D eigenvalue weighted by atomic mass is 9.99. The van der Waals surface area contributed by atoms with Crippen LogP contribution in [0.3, 0.4) is 0 Å². The van der Waals surface area contributed by atoms with Crippen molar-refractivity contribution in [3.05, 3.63) is 41.7 Å². The Morgan fingerprint density at radius 2 is 2.14 bits per heavy atom. The Hall–Kier alpha value is -2.30. The Balaban J connectivity index is 1.94. The molecule has 1 aliphatic heterocycles. The topological polar surface area (TPSA) is 64.2 Å². The highest BCUT2D eigenvalue weighted by atomic mass is 16.2. The van der Waals surface area contributed by atoms with Crippen LogP contribution in [0.4, 0.5) is 11.4 Å². The molecule has 0 saturated heterocycles. The summed E-state index contributed by atoms with van der Waals surface area (Å²) in [5, 5.41) is 4.37. The lowest BCUT2D eigenvalue weighted by Gasteiger charge is -2.29. The average molecular weight is 284 g/mol. The minimum atomic E-state index is -0.0547. The van der Waals surface area contributed by atoms with E-state index in [2.05, 4.69) is 5.10 Å². The van der Waals surface area contributed by atoms with Crippen LogP contribution in [0.2, 0.25) is 0 Å². The predicted molar refractivity (Wildman–Crippen MR) is 83.5 cm³/mol. The highest BCUT2D eigenvalue weighted by Crippen LogP contribution is 2.32. The molecule has 5 nitrogen and oxygen atoms in total. The fraction of sp³-hybridized carbons (Fsp3) is 0.375. The Morgan fingerprint density at radius 1 is 1.33 bits per heavy atom. The van der Waals surface area contributed by atoms with Crippen LogP contribution in [0, 0.1) is 0 Å². The van der Waals surface area contributed by atoms with E-state index in [0.29, 0.717) is 12.2 Å². The molecule has 2 aromatic rings. The van der Waals surface area contributed by atoms with Crippen LogP contribution >= 0.6 is 0 Å². The first-order valence-corrected chi connectivity index (χ1v) is 7.32. The molecule has 0 bridgehead atoms. The lowest BCUT2D eigenvalue weighted by molar-refractivity contribution is 0.0979. The van der Waals surface area contributed by atoms with Crippen molar-refractivity contribution in [2.75, 3.05) is 17.2 Å². The number of carbonyl (C=O) groups is 1. The third-order valence-corrected chi connectivity index (χ3v) is 3.89. The van der Waals surface area contributed by atoms with E-state index in [1.807, 2.05) is 38.2 Å². The number of anilines is 2. The van der Waals surface area contributed by atoms with E-state index >= 15 is 0 Å². The standard InChI is InChI=1S/C16H20N4O/c1-11(2)20-10-8-14(18-20)16(21)19-9-4-5-12-13(17)6-3-7-15(12)19/h3,6-8,10-11H,4-5,9,17H2,1-2H3. The van der Waals surface area contributed by atoms with Crippen molar-refractivity contribution in [3.63, 3.8) is 0 Å².